The van der Waals surface area contributed by atoms with Crippen molar-refractivity contribution in [1.29, 1.82) is 0 Å². The van der Waals surface area contributed by atoms with Crippen LogP contribution in [0.5, 0.6) is 0 Å². The first-order chi connectivity index (χ1) is 14.5. The lowest BCUT2D eigenvalue weighted by molar-refractivity contribution is -0.137. The number of aromatic nitrogens is 3. The van der Waals surface area contributed by atoms with E-state index >= 15 is 0 Å². The van der Waals surface area contributed by atoms with E-state index in [4.69, 9.17) is 0 Å². The van der Waals surface area contributed by atoms with Gasteiger partial charge in [-0.25, -0.2) is 0 Å². The Labute approximate surface area is 169 Å². The number of benzene rings is 3. The SMILES string of the molecule is FC(F)(F)c1ccccc1N(c1ccnc2ccccc12)c1n[nH]c2ccccc12. The van der Waals surface area contributed by atoms with Gasteiger partial charge in [0.2, 0.25) is 0 Å². The van der Waals surface area contributed by atoms with Gasteiger partial charge in [-0.2, -0.15) is 18.3 Å². The highest BCUT2D eigenvalue weighted by Gasteiger charge is 2.36. The Morgan fingerprint density at radius 1 is 0.733 bits per heavy atom. The molecule has 0 fully saturated rings. The molecule has 0 amide bonds. The monoisotopic (exact) mass is 404 g/mol. The van der Waals surface area contributed by atoms with Gasteiger partial charge in [-0.1, -0.05) is 42.5 Å². The van der Waals surface area contributed by atoms with E-state index in [1.807, 2.05) is 48.5 Å². The van der Waals surface area contributed by atoms with Crippen molar-refractivity contribution in [1.82, 2.24) is 15.2 Å². The molecule has 0 aliphatic rings. The van der Waals surface area contributed by atoms with Crippen molar-refractivity contribution in [3.8, 4) is 0 Å². The van der Waals surface area contributed by atoms with Crippen LogP contribution < -0.4 is 4.90 Å². The van der Waals surface area contributed by atoms with E-state index in [0.717, 1.165) is 22.4 Å². The van der Waals surface area contributed by atoms with Crippen LogP contribution in [0, 0.1) is 0 Å². The summed E-state index contributed by atoms with van der Waals surface area (Å²) in [6.07, 6.45) is -2.93. The average Bonchev–Trinajstić information content (AvgIpc) is 3.18. The third-order valence-electron chi connectivity index (χ3n) is 4.98. The first kappa shape index (κ1) is 18.2. The summed E-state index contributed by atoms with van der Waals surface area (Å²) in [6, 6.07) is 21.9. The van der Waals surface area contributed by atoms with Crippen molar-refractivity contribution in [3.63, 3.8) is 0 Å². The van der Waals surface area contributed by atoms with Gasteiger partial charge >= 0.3 is 6.18 Å². The van der Waals surface area contributed by atoms with Gasteiger partial charge in [0.25, 0.3) is 0 Å². The van der Waals surface area contributed by atoms with Crippen LogP contribution in [0.2, 0.25) is 0 Å². The van der Waals surface area contributed by atoms with Crippen LogP contribution in [-0.2, 0) is 6.18 Å². The minimum absolute atomic E-state index is 0.00129. The van der Waals surface area contributed by atoms with Crippen LogP contribution in [0.25, 0.3) is 21.8 Å². The molecule has 0 saturated carbocycles. The first-order valence-corrected chi connectivity index (χ1v) is 9.27. The van der Waals surface area contributed by atoms with E-state index in [1.54, 1.807) is 23.2 Å². The van der Waals surface area contributed by atoms with Crippen LogP contribution in [0.1, 0.15) is 5.56 Å². The quantitative estimate of drug-likeness (QED) is 0.368. The summed E-state index contributed by atoms with van der Waals surface area (Å²) in [5, 5.41) is 8.76. The van der Waals surface area contributed by atoms with Crippen molar-refractivity contribution in [2.75, 3.05) is 4.90 Å². The van der Waals surface area contributed by atoms with E-state index < -0.39 is 11.7 Å². The van der Waals surface area contributed by atoms with Crippen molar-refractivity contribution in [2.45, 2.75) is 6.18 Å². The lowest BCUT2D eigenvalue weighted by atomic mass is 10.1. The lowest BCUT2D eigenvalue weighted by Crippen LogP contribution is -2.17. The Bertz CT molecular complexity index is 1350. The molecule has 1 N–H and O–H groups in total. The Morgan fingerprint density at radius 3 is 2.27 bits per heavy atom. The normalized spacial score (nSPS) is 11.8. The van der Waals surface area contributed by atoms with Crippen LogP contribution in [0.15, 0.2) is 85.1 Å². The predicted octanol–water partition coefficient (Wildman–Crippen LogP) is 6.60. The maximum absolute atomic E-state index is 13.9. The first-order valence-electron chi connectivity index (χ1n) is 9.27. The second kappa shape index (κ2) is 6.88. The zero-order valence-corrected chi connectivity index (χ0v) is 15.6. The van der Waals surface area contributed by atoms with Gasteiger partial charge in [-0.15, -0.1) is 0 Å². The van der Waals surface area contributed by atoms with Crippen LogP contribution in [0.4, 0.5) is 30.4 Å². The van der Waals surface area contributed by atoms with Crippen LogP contribution >= 0.6 is 0 Å². The fourth-order valence-corrected chi connectivity index (χ4v) is 3.66. The summed E-state index contributed by atoms with van der Waals surface area (Å²) in [5.74, 6) is 0.388. The number of alkyl halides is 3. The van der Waals surface area contributed by atoms with Gasteiger partial charge < -0.3 is 0 Å². The number of hydrogen-bond acceptors (Lipinski definition) is 3. The fraction of sp³-hybridized carbons (Fsp3) is 0.0435. The number of halogens is 3. The van der Waals surface area contributed by atoms with E-state index in [2.05, 4.69) is 15.2 Å². The summed E-state index contributed by atoms with van der Waals surface area (Å²) < 4.78 is 41.8. The largest absolute Gasteiger partial charge is 0.418 e. The number of para-hydroxylation sites is 3. The fourth-order valence-electron chi connectivity index (χ4n) is 3.66. The number of H-pyrrole nitrogens is 1. The van der Waals surface area contributed by atoms with Crippen molar-refractivity contribution in [2.24, 2.45) is 0 Å². The summed E-state index contributed by atoms with van der Waals surface area (Å²) >= 11 is 0. The maximum Gasteiger partial charge on any atom is 0.418 e. The molecule has 0 atom stereocenters. The molecular formula is C23H15F3N4. The number of nitrogens with one attached hydrogen (secondary N) is 1. The van der Waals surface area contributed by atoms with Crippen LogP contribution in [0.3, 0.4) is 0 Å². The highest BCUT2D eigenvalue weighted by molar-refractivity contribution is 6.02. The third-order valence-corrected chi connectivity index (χ3v) is 4.98. The number of anilines is 3. The molecule has 3 aromatic carbocycles. The standard InChI is InChI=1S/C23H15F3N4/c24-23(25,26)17-9-3-6-12-21(17)30(22-16-8-2-5-11-19(16)28-29-22)20-13-14-27-18-10-4-1-7-15(18)20/h1-14H,(H,28,29). The lowest BCUT2D eigenvalue weighted by Gasteiger charge is -2.27. The molecule has 0 aliphatic heterocycles. The summed E-state index contributed by atoms with van der Waals surface area (Å²) in [7, 11) is 0. The highest BCUT2D eigenvalue weighted by Crippen LogP contribution is 2.45. The van der Waals surface area contributed by atoms with Crippen molar-refractivity contribution < 1.29 is 13.2 Å². The number of pyridine rings is 1. The smallest absolute Gasteiger partial charge is 0.292 e. The molecule has 7 heteroatoms. The number of hydrogen-bond donors (Lipinski definition) is 1. The molecule has 5 aromatic rings. The van der Waals surface area contributed by atoms with Crippen molar-refractivity contribution >= 4 is 39.0 Å². The molecule has 5 rings (SSSR count). The highest BCUT2D eigenvalue weighted by atomic mass is 19.4. The number of aromatic amines is 1. The average molecular weight is 404 g/mol. The Hall–Kier alpha value is -3.87. The van der Waals surface area contributed by atoms with Crippen molar-refractivity contribution in [3.05, 3.63) is 90.6 Å². The molecule has 30 heavy (non-hydrogen) atoms. The van der Waals surface area contributed by atoms with Gasteiger partial charge in [0.1, 0.15) is 0 Å². The van der Waals surface area contributed by atoms with E-state index in [0.29, 0.717) is 17.0 Å². The second-order valence-corrected chi connectivity index (χ2v) is 6.79. The molecule has 4 nitrogen and oxygen atoms in total. The van der Waals surface area contributed by atoms with E-state index in [-0.39, 0.29) is 5.69 Å². The number of nitrogens with zero attached hydrogens (tertiary/aromatic N) is 3. The Balaban J connectivity index is 1.87. The molecule has 0 aliphatic carbocycles. The predicted molar refractivity (Wildman–Crippen MR) is 111 cm³/mol. The maximum atomic E-state index is 13.9. The third kappa shape index (κ3) is 2.95. The van der Waals surface area contributed by atoms with E-state index in [9.17, 15) is 13.2 Å². The topological polar surface area (TPSA) is 44.8 Å². The van der Waals surface area contributed by atoms with Crippen LogP contribution in [-0.4, -0.2) is 15.2 Å². The van der Waals surface area contributed by atoms with Gasteiger partial charge in [0.15, 0.2) is 5.82 Å². The molecule has 0 spiro atoms. The van der Waals surface area contributed by atoms with Gasteiger partial charge in [0.05, 0.1) is 28.0 Å². The number of rotatable bonds is 3. The second-order valence-electron chi connectivity index (χ2n) is 6.79. The molecule has 2 heterocycles. The minimum Gasteiger partial charge on any atom is -0.292 e. The molecule has 0 radical (unpaired) electrons. The zero-order valence-electron chi connectivity index (χ0n) is 15.6. The summed E-state index contributed by atoms with van der Waals surface area (Å²) in [5.41, 5.74) is 1.25. The zero-order chi connectivity index (χ0) is 20.7. The molecule has 0 saturated heterocycles. The Morgan fingerprint density at radius 2 is 1.43 bits per heavy atom. The Kier molecular flexibility index (Phi) is 4.17. The molecule has 0 bridgehead atoms. The molecular weight excluding hydrogens is 389 g/mol. The molecule has 0 unspecified atom stereocenters. The summed E-state index contributed by atoms with van der Waals surface area (Å²) in [4.78, 5) is 5.90. The molecule has 148 valence electrons. The minimum atomic E-state index is -4.52. The van der Waals surface area contributed by atoms with Gasteiger partial charge in [-0.3, -0.25) is 15.0 Å². The summed E-state index contributed by atoms with van der Waals surface area (Å²) in [6.45, 7) is 0. The van der Waals surface area contributed by atoms with E-state index in [1.165, 1.54) is 12.1 Å². The number of fused-ring (bicyclic) bond motifs is 2. The molecule has 2 aromatic heterocycles. The van der Waals surface area contributed by atoms with Gasteiger partial charge in [-0.05, 0) is 36.4 Å². The van der Waals surface area contributed by atoms with Gasteiger partial charge in [0, 0.05) is 17.0 Å².